The monoisotopic (exact) mass is 274 g/mol. The van der Waals surface area contributed by atoms with E-state index in [1.807, 2.05) is 0 Å². The van der Waals surface area contributed by atoms with Crippen LogP contribution in [0.2, 0.25) is 0 Å². The molecule has 0 radical (unpaired) electrons. The first-order chi connectivity index (χ1) is 9.81. The molecule has 20 heavy (non-hydrogen) atoms. The van der Waals surface area contributed by atoms with E-state index < -0.39 is 0 Å². The van der Waals surface area contributed by atoms with E-state index in [4.69, 9.17) is 9.15 Å². The molecule has 0 saturated heterocycles. The van der Waals surface area contributed by atoms with Gasteiger partial charge in [0.2, 0.25) is 5.89 Å². The van der Waals surface area contributed by atoms with Gasteiger partial charge in [-0.15, -0.1) is 10.2 Å². The number of aromatic nitrogens is 4. The van der Waals surface area contributed by atoms with Crippen LogP contribution >= 0.6 is 0 Å². The highest BCUT2D eigenvalue weighted by molar-refractivity contribution is 5.42. The number of hydrogen-bond acceptors (Lipinski definition) is 6. The minimum atomic E-state index is 0.311. The Morgan fingerprint density at radius 2 is 2.25 bits per heavy atom. The summed E-state index contributed by atoms with van der Waals surface area (Å²) in [7, 11) is 0. The second kappa shape index (κ2) is 6.09. The third-order valence-electron chi connectivity index (χ3n) is 3.58. The Kier molecular flexibility index (Phi) is 4.01. The summed E-state index contributed by atoms with van der Waals surface area (Å²) in [5.41, 5.74) is 0.581. The summed E-state index contributed by atoms with van der Waals surface area (Å²) in [6, 6.07) is 0. The summed E-state index contributed by atoms with van der Waals surface area (Å²) < 4.78 is 11.4. The lowest BCUT2D eigenvalue weighted by molar-refractivity contribution is -0.00444. The lowest BCUT2D eigenvalue weighted by Crippen LogP contribution is -2.21. The van der Waals surface area contributed by atoms with E-state index in [-0.39, 0.29) is 0 Å². The van der Waals surface area contributed by atoms with Crippen LogP contribution in [0, 0.1) is 5.92 Å². The van der Waals surface area contributed by atoms with E-state index in [1.165, 1.54) is 12.8 Å². The van der Waals surface area contributed by atoms with Gasteiger partial charge in [-0.2, -0.15) is 0 Å². The van der Waals surface area contributed by atoms with Crippen molar-refractivity contribution in [2.45, 2.75) is 45.3 Å². The Morgan fingerprint density at radius 1 is 1.30 bits per heavy atom. The van der Waals surface area contributed by atoms with Gasteiger partial charge in [0.05, 0.1) is 12.3 Å². The maximum atomic E-state index is 5.86. The molecule has 2 heterocycles. The molecule has 1 saturated carbocycles. The third kappa shape index (κ3) is 3.19. The molecule has 1 aliphatic rings. The highest BCUT2D eigenvalue weighted by Gasteiger charge is 2.20. The second-order valence-electron chi connectivity index (χ2n) is 5.30. The molecule has 106 valence electrons. The highest BCUT2D eigenvalue weighted by Crippen LogP contribution is 2.26. The van der Waals surface area contributed by atoms with Crippen molar-refractivity contribution in [3.63, 3.8) is 0 Å². The fourth-order valence-corrected chi connectivity index (χ4v) is 2.54. The van der Waals surface area contributed by atoms with Crippen LogP contribution in [0.5, 0.6) is 0 Å². The predicted molar refractivity (Wildman–Crippen MR) is 71.5 cm³/mol. The Hall–Kier alpha value is -1.82. The first-order valence-corrected chi connectivity index (χ1v) is 7.01. The first-order valence-electron chi connectivity index (χ1n) is 7.01. The maximum absolute atomic E-state index is 5.86. The van der Waals surface area contributed by atoms with Crippen LogP contribution in [0.3, 0.4) is 0 Å². The molecule has 2 atom stereocenters. The highest BCUT2D eigenvalue weighted by atomic mass is 16.5. The van der Waals surface area contributed by atoms with Crippen molar-refractivity contribution in [1.82, 2.24) is 20.2 Å². The summed E-state index contributed by atoms with van der Waals surface area (Å²) >= 11 is 0. The molecule has 2 aromatic heterocycles. The predicted octanol–water partition coefficient (Wildman–Crippen LogP) is 2.62. The van der Waals surface area contributed by atoms with Crippen molar-refractivity contribution < 1.29 is 9.15 Å². The lowest BCUT2D eigenvalue weighted by Gasteiger charge is -2.26. The van der Waals surface area contributed by atoms with Crippen LogP contribution in [0.15, 0.2) is 23.0 Å². The van der Waals surface area contributed by atoms with Crippen LogP contribution in [0.4, 0.5) is 0 Å². The minimum absolute atomic E-state index is 0.311. The summed E-state index contributed by atoms with van der Waals surface area (Å²) in [6.07, 6.45) is 9.89. The van der Waals surface area contributed by atoms with Gasteiger partial charge in [-0.1, -0.05) is 19.8 Å². The fourth-order valence-electron chi connectivity index (χ4n) is 2.54. The fraction of sp³-hybridized carbons (Fsp3) is 0.571. The average Bonchev–Trinajstić information content (AvgIpc) is 2.95. The van der Waals surface area contributed by atoms with Crippen LogP contribution < -0.4 is 0 Å². The van der Waals surface area contributed by atoms with Crippen LogP contribution in [-0.4, -0.2) is 26.3 Å². The molecule has 0 spiro atoms. The zero-order valence-corrected chi connectivity index (χ0v) is 11.5. The molecule has 2 aromatic rings. The Bertz CT molecular complexity index is 543. The van der Waals surface area contributed by atoms with Crippen molar-refractivity contribution in [1.29, 1.82) is 0 Å². The number of nitrogens with zero attached hydrogens (tertiary/aromatic N) is 4. The van der Waals surface area contributed by atoms with Crippen LogP contribution in [0.1, 0.15) is 38.5 Å². The lowest BCUT2D eigenvalue weighted by atomic mass is 9.89. The quantitative estimate of drug-likeness (QED) is 0.853. The molecular formula is C14H18N4O2. The normalized spacial score (nSPS) is 22.9. The van der Waals surface area contributed by atoms with Gasteiger partial charge in [0.15, 0.2) is 0 Å². The molecule has 1 aliphatic carbocycles. The third-order valence-corrected chi connectivity index (χ3v) is 3.58. The smallest absolute Gasteiger partial charge is 0.267 e. The number of ether oxygens (including phenoxy) is 1. The zero-order valence-electron chi connectivity index (χ0n) is 11.5. The topological polar surface area (TPSA) is 73.9 Å². The van der Waals surface area contributed by atoms with Gasteiger partial charge < -0.3 is 9.15 Å². The van der Waals surface area contributed by atoms with Crippen molar-refractivity contribution in [2.24, 2.45) is 5.92 Å². The molecule has 0 amide bonds. The van der Waals surface area contributed by atoms with Crippen molar-refractivity contribution in [3.05, 3.63) is 24.5 Å². The van der Waals surface area contributed by atoms with E-state index in [9.17, 15) is 0 Å². The van der Waals surface area contributed by atoms with Gasteiger partial charge in [-0.25, -0.2) is 4.98 Å². The summed E-state index contributed by atoms with van der Waals surface area (Å²) in [5, 5.41) is 7.95. The van der Waals surface area contributed by atoms with Gasteiger partial charge in [-0.05, 0) is 18.8 Å². The van der Waals surface area contributed by atoms with E-state index in [0.717, 1.165) is 18.8 Å². The molecule has 1 fully saturated rings. The van der Waals surface area contributed by atoms with E-state index in [2.05, 4.69) is 27.1 Å². The van der Waals surface area contributed by atoms with Gasteiger partial charge in [0.25, 0.3) is 5.89 Å². The molecule has 0 N–H and O–H groups in total. The molecule has 3 rings (SSSR count). The Labute approximate surface area is 117 Å². The Morgan fingerprint density at radius 3 is 3.05 bits per heavy atom. The summed E-state index contributed by atoms with van der Waals surface area (Å²) in [5.74, 6) is 1.61. The van der Waals surface area contributed by atoms with E-state index in [1.54, 1.807) is 18.6 Å². The molecule has 6 nitrogen and oxygen atoms in total. The second-order valence-corrected chi connectivity index (χ2v) is 5.30. The van der Waals surface area contributed by atoms with Gasteiger partial charge in [-0.3, -0.25) is 4.98 Å². The summed E-state index contributed by atoms with van der Waals surface area (Å²) in [6.45, 7) is 2.64. The summed E-state index contributed by atoms with van der Waals surface area (Å²) in [4.78, 5) is 8.10. The molecule has 6 heteroatoms. The molecule has 0 aromatic carbocycles. The zero-order chi connectivity index (χ0) is 13.8. The largest absolute Gasteiger partial charge is 0.417 e. The standard InChI is InChI=1S/C14H18N4O2/c1-10-3-2-4-11(7-10)19-9-13-17-18-14(20-13)12-8-15-5-6-16-12/h5-6,8,10-11H,2-4,7,9H2,1H3/t10-,11+/m1/s1. The van der Waals surface area contributed by atoms with E-state index in [0.29, 0.717) is 30.2 Å². The van der Waals surface area contributed by atoms with Gasteiger partial charge >= 0.3 is 0 Å². The minimum Gasteiger partial charge on any atom is -0.417 e. The molecule has 0 aliphatic heterocycles. The first kappa shape index (κ1) is 13.2. The van der Waals surface area contributed by atoms with Gasteiger partial charge in [0.1, 0.15) is 12.3 Å². The van der Waals surface area contributed by atoms with Crippen molar-refractivity contribution >= 4 is 0 Å². The maximum Gasteiger partial charge on any atom is 0.267 e. The van der Waals surface area contributed by atoms with Crippen molar-refractivity contribution in [3.8, 4) is 11.6 Å². The van der Waals surface area contributed by atoms with Crippen molar-refractivity contribution in [2.75, 3.05) is 0 Å². The van der Waals surface area contributed by atoms with Gasteiger partial charge in [0, 0.05) is 12.4 Å². The molecule has 0 unspecified atom stereocenters. The number of hydrogen-bond donors (Lipinski definition) is 0. The average molecular weight is 274 g/mol. The number of rotatable bonds is 4. The molecule has 0 bridgehead atoms. The van der Waals surface area contributed by atoms with E-state index >= 15 is 0 Å². The molecular weight excluding hydrogens is 256 g/mol. The van der Waals surface area contributed by atoms with Crippen LogP contribution in [0.25, 0.3) is 11.6 Å². The SMILES string of the molecule is C[C@@H]1CCC[C@H](OCc2nnc(-c3cnccn3)o2)C1. The Balaban J connectivity index is 1.58. The van der Waals surface area contributed by atoms with Crippen LogP contribution in [-0.2, 0) is 11.3 Å².